The number of benzene rings is 1. The fourth-order valence-corrected chi connectivity index (χ4v) is 5.38. The highest BCUT2D eigenvalue weighted by Gasteiger charge is 2.36. The maximum Gasteiger partial charge on any atom is 0.302 e. The molecule has 13 heteroatoms. The third-order valence-corrected chi connectivity index (χ3v) is 7.84. The summed E-state index contributed by atoms with van der Waals surface area (Å²) < 4.78 is 30.6. The van der Waals surface area contributed by atoms with Crippen LogP contribution >= 0.6 is 23.2 Å². The van der Waals surface area contributed by atoms with E-state index in [0.717, 1.165) is 9.82 Å². The van der Waals surface area contributed by atoms with Crippen LogP contribution in [0.4, 0.5) is 5.82 Å². The van der Waals surface area contributed by atoms with Crippen LogP contribution in [0, 0.1) is 17.2 Å². The minimum Gasteiger partial charge on any atom is -0.347 e. The topological polar surface area (TPSA) is 133 Å². The Labute approximate surface area is 200 Å². The normalized spacial score (nSPS) is 19.2. The summed E-state index contributed by atoms with van der Waals surface area (Å²) in [4.78, 5) is 20.7. The molecular weight excluding hydrogens is 489 g/mol. The lowest BCUT2D eigenvalue weighted by atomic mass is 9.94. The average molecular weight is 508 g/mol. The molecule has 0 radical (unpaired) electrons. The van der Waals surface area contributed by atoms with E-state index in [4.69, 9.17) is 23.2 Å². The van der Waals surface area contributed by atoms with E-state index in [-0.39, 0.29) is 31.2 Å². The smallest absolute Gasteiger partial charge is 0.302 e. The summed E-state index contributed by atoms with van der Waals surface area (Å²) in [7, 11) is -2.20. The van der Waals surface area contributed by atoms with Crippen molar-refractivity contribution < 1.29 is 13.2 Å². The van der Waals surface area contributed by atoms with Gasteiger partial charge in [-0.2, -0.15) is 18.0 Å². The minimum atomic E-state index is -3.93. The Hall–Kier alpha value is -2.91. The third kappa shape index (κ3) is 4.60. The van der Waals surface area contributed by atoms with Crippen LogP contribution in [-0.2, 0) is 17.3 Å². The van der Waals surface area contributed by atoms with Gasteiger partial charge in [0.25, 0.3) is 5.91 Å². The van der Waals surface area contributed by atoms with E-state index in [9.17, 15) is 18.5 Å². The predicted molar refractivity (Wildman–Crippen MR) is 124 cm³/mol. The summed E-state index contributed by atoms with van der Waals surface area (Å²) in [5, 5.41) is 13.9. The molecule has 1 amide bonds. The van der Waals surface area contributed by atoms with Crippen molar-refractivity contribution in [2.75, 3.05) is 17.8 Å². The molecule has 2 aromatic heterocycles. The van der Waals surface area contributed by atoms with Crippen molar-refractivity contribution in [3.63, 3.8) is 0 Å². The van der Waals surface area contributed by atoms with E-state index >= 15 is 0 Å². The number of anilines is 1. The Kier molecular flexibility index (Phi) is 6.45. The van der Waals surface area contributed by atoms with Gasteiger partial charge in [0.2, 0.25) is 0 Å². The number of nitrogens with one attached hydrogen (secondary N) is 2. The molecule has 10 nitrogen and oxygen atoms in total. The van der Waals surface area contributed by atoms with Crippen LogP contribution in [0.1, 0.15) is 16.9 Å². The van der Waals surface area contributed by atoms with Crippen molar-refractivity contribution in [1.82, 2.24) is 24.2 Å². The number of fused-ring (bicyclic) bond motifs is 1. The molecule has 1 aliphatic rings. The van der Waals surface area contributed by atoms with Gasteiger partial charge in [0.05, 0.1) is 28.2 Å². The number of aromatic nitrogens is 3. The number of hydrogen-bond acceptors (Lipinski definition) is 6. The van der Waals surface area contributed by atoms with Crippen LogP contribution in [-0.4, -0.2) is 52.3 Å². The van der Waals surface area contributed by atoms with E-state index in [2.05, 4.69) is 26.1 Å². The maximum absolute atomic E-state index is 13.0. The van der Waals surface area contributed by atoms with Crippen LogP contribution in [0.15, 0.2) is 36.8 Å². The number of halogens is 2. The van der Waals surface area contributed by atoms with Gasteiger partial charge >= 0.3 is 10.2 Å². The second-order valence-electron chi connectivity index (χ2n) is 7.54. The van der Waals surface area contributed by atoms with Gasteiger partial charge in [-0.05, 0) is 24.6 Å². The quantitative estimate of drug-likeness (QED) is 0.545. The van der Waals surface area contributed by atoms with Crippen LogP contribution in [0.2, 0.25) is 10.0 Å². The summed E-state index contributed by atoms with van der Waals surface area (Å²) in [6, 6.07) is 6.66. The summed E-state index contributed by atoms with van der Waals surface area (Å²) in [5.74, 6) is -1.05. The molecule has 1 aromatic carbocycles. The number of amides is 1. The molecule has 0 spiro atoms. The monoisotopic (exact) mass is 507 g/mol. The summed E-state index contributed by atoms with van der Waals surface area (Å²) in [5.41, 5.74) is 1.09. The van der Waals surface area contributed by atoms with E-state index in [0.29, 0.717) is 21.1 Å². The highest BCUT2D eigenvalue weighted by Crippen LogP contribution is 2.32. The molecule has 0 unspecified atom stereocenters. The summed E-state index contributed by atoms with van der Waals surface area (Å²) in [6.45, 7) is 0.0445. The molecule has 0 saturated carbocycles. The second-order valence-corrected chi connectivity index (χ2v) is 10.00. The highest BCUT2D eigenvalue weighted by molar-refractivity contribution is 7.90. The Bertz CT molecular complexity index is 1360. The Morgan fingerprint density at radius 2 is 2.09 bits per heavy atom. The molecule has 4 rings (SSSR count). The molecule has 0 bridgehead atoms. The van der Waals surface area contributed by atoms with Crippen LogP contribution in [0.3, 0.4) is 0 Å². The molecule has 1 saturated heterocycles. The Morgan fingerprint density at radius 1 is 1.30 bits per heavy atom. The zero-order valence-corrected chi connectivity index (χ0v) is 19.7. The van der Waals surface area contributed by atoms with E-state index in [1.165, 1.54) is 18.6 Å². The number of nitriles is 1. The van der Waals surface area contributed by atoms with Gasteiger partial charge in [0.1, 0.15) is 5.69 Å². The van der Waals surface area contributed by atoms with Crippen molar-refractivity contribution >= 4 is 56.0 Å². The van der Waals surface area contributed by atoms with Gasteiger partial charge in [-0.25, -0.2) is 4.98 Å². The molecule has 3 aromatic rings. The van der Waals surface area contributed by atoms with E-state index in [1.54, 1.807) is 29.8 Å². The molecule has 33 heavy (non-hydrogen) atoms. The number of carbonyl (C=O) groups is 1. The first kappa shape index (κ1) is 23.3. The molecule has 2 atom stereocenters. The largest absolute Gasteiger partial charge is 0.347 e. The molecular formula is C20H19Cl2N7O3S. The van der Waals surface area contributed by atoms with Crippen molar-refractivity contribution in [2.24, 2.45) is 13.0 Å². The number of rotatable bonds is 5. The minimum absolute atomic E-state index is 0.0758. The maximum atomic E-state index is 13.0. The standard InChI is InChI=1S/C20H19Cl2N7O3S/c1-28-16-3-2-14(21)19(22)13(16)8-17(28)20(30)26-15-4-7-29(11-12(15)9-23)33(31,32)27-18-10-24-5-6-25-18/h2-3,5-6,8,10,12,15H,4,7,11H2,1H3,(H,25,27)(H,26,30)/t12-,15+/m1/s1. The number of nitrogens with zero attached hydrogens (tertiary/aromatic N) is 5. The summed E-state index contributed by atoms with van der Waals surface area (Å²) >= 11 is 12.4. The number of aryl methyl sites for hydroxylation is 1. The number of hydrogen-bond donors (Lipinski definition) is 2. The van der Waals surface area contributed by atoms with Gasteiger partial charge in [0.15, 0.2) is 5.82 Å². The summed E-state index contributed by atoms with van der Waals surface area (Å²) in [6.07, 6.45) is 4.35. The molecule has 172 valence electrons. The molecule has 3 heterocycles. The highest BCUT2D eigenvalue weighted by atomic mass is 35.5. The lowest BCUT2D eigenvalue weighted by molar-refractivity contribution is 0.0903. The van der Waals surface area contributed by atoms with E-state index in [1.807, 2.05) is 0 Å². The van der Waals surface area contributed by atoms with Gasteiger partial charge < -0.3 is 9.88 Å². The molecule has 2 N–H and O–H groups in total. The first-order chi connectivity index (χ1) is 15.7. The van der Waals surface area contributed by atoms with Crippen molar-refractivity contribution in [2.45, 2.75) is 12.5 Å². The fourth-order valence-electron chi connectivity index (χ4n) is 3.80. The van der Waals surface area contributed by atoms with Gasteiger partial charge in [0, 0.05) is 49.5 Å². The second kappa shape index (κ2) is 9.15. The van der Waals surface area contributed by atoms with Gasteiger partial charge in [-0.15, -0.1) is 0 Å². The number of piperidine rings is 1. The fraction of sp³-hybridized carbons (Fsp3) is 0.300. The third-order valence-electron chi connectivity index (χ3n) is 5.54. The SMILES string of the molecule is Cn1c(C(=O)N[C@H]2CCN(S(=O)(=O)Nc3cnccn3)C[C@H]2C#N)cc2c(Cl)c(Cl)ccc21. The Balaban J connectivity index is 1.48. The zero-order chi connectivity index (χ0) is 23.8. The Morgan fingerprint density at radius 3 is 2.79 bits per heavy atom. The predicted octanol–water partition coefficient (Wildman–Crippen LogP) is 2.58. The van der Waals surface area contributed by atoms with Crippen LogP contribution in [0.5, 0.6) is 0 Å². The van der Waals surface area contributed by atoms with Crippen LogP contribution in [0.25, 0.3) is 10.9 Å². The zero-order valence-electron chi connectivity index (χ0n) is 17.4. The van der Waals surface area contributed by atoms with Crippen molar-refractivity contribution in [3.8, 4) is 6.07 Å². The van der Waals surface area contributed by atoms with Gasteiger partial charge in [-0.3, -0.25) is 14.5 Å². The van der Waals surface area contributed by atoms with E-state index < -0.39 is 22.2 Å². The first-order valence-corrected chi connectivity index (χ1v) is 12.1. The molecule has 1 fully saturated rings. The van der Waals surface area contributed by atoms with Crippen molar-refractivity contribution in [3.05, 3.63) is 52.5 Å². The van der Waals surface area contributed by atoms with Crippen LogP contribution < -0.4 is 10.0 Å². The lowest BCUT2D eigenvalue weighted by Crippen LogP contribution is -2.53. The average Bonchev–Trinajstić information content (AvgIpc) is 3.14. The first-order valence-electron chi connectivity index (χ1n) is 9.89. The molecule has 1 aliphatic heterocycles. The number of carbonyl (C=O) groups excluding carboxylic acids is 1. The van der Waals surface area contributed by atoms with Gasteiger partial charge in [-0.1, -0.05) is 23.2 Å². The molecule has 0 aliphatic carbocycles. The van der Waals surface area contributed by atoms with Crippen molar-refractivity contribution in [1.29, 1.82) is 5.26 Å². The lowest BCUT2D eigenvalue weighted by Gasteiger charge is -2.34.